The summed E-state index contributed by atoms with van der Waals surface area (Å²) in [7, 11) is 1.27. The first-order valence-corrected chi connectivity index (χ1v) is 7.79. The molecule has 0 bridgehead atoms. The Morgan fingerprint density at radius 2 is 2.08 bits per heavy atom. The fourth-order valence-electron chi connectivity index (χ4n) is 1.94. The van der Waals surface area contributed by atoms with Crippen LogP contribution in [0, 0.1) is 0 Å². The maximum absolute atomic E-state index is 12.3. The van der Waals surface area contributed by atoms with Crippen molar-refractivity contribution in [2.75, 3.05) is 17.7 Å². The third-order valence-electron chi connectivity index (χ3n) is 3.05. The lowest BCUT2D eigenvalue weighted by atomic mass is 10.2. The van der Waals surface area contributed by atoms with Crippen LogP contribution in [0.5, 0.6) is 0 Å². The van der Waals surface area contributed by atoms with Gasteiger partial charge >= 0.3 is 6.09 Å². The van der Waals surface area contributed by atoms with Crippen molar-refractivity contribution >= 4 is 34.2 Å². The van der Waals surface area contributed by atoms with Gasteiger partial charge in [-0.05, 0) is 30.3 Å². The van der Waals surface area contributed by atoms with E-state index < -0.39 is 6.09 Å². The molecule has 2 N–H and O–H groups in total. The minimum Gasteiger partial charge on any atom is -0.463 e. The van der Waals surface area contributed by atoms with Crippen LogP contribution < -0.4 is 10.6 Å². The van der Waals surface area contributed by atoms with Crippen LogP contribution in [0.4, 0.5) is 15.6 Å². The average Bonchev–Trinajstić information content (AvgIpc) is 3.26. The van der Waals surface area contributed by atoms with Gasteiger partial charge in [0.2, 0.25) is 0 Å². The molecule has 8 heteroatoms. The summed E-state index contributed by atoms with van der Waals surface area (Å²) in [6, 6.07) is 10.1. The molecule has 7 nitrogen and oxygen atoms in total. The average molecular weight is 343 g/mol. The Labute approximate surface area is 141 Å². The molecule has 0 aliphatic heterocycles. The number of amides is 2. The number of nitrogens with zero attached hydrogens (tertiary/aromatic N) is 1. The lowest BCUT2D eigenvalue weighted by Crippen LogP contribution is -2.14. The zero-order chi connectivity index (χ0) is 16.9. The van der Waals surface area contributed by atoms with Crippen molar-refractivity contribution in [3.05, 3.63) is 53.6 Å². The number of hydrogen-bond donors (Lipinski definition) is 2. The number of benzene rings is 1. The Kier molecular flexibility index (Phi) is 4.57. The zero-order valence-corrected chi connectivity index (χ0v) is 13.4. The molecular formula is C16H13N3O4S. The molecule has 2 heterocycles. The summed E-state index contributed by atoms with van der Waals surface area (Å²) in [6.45, 7) is 0. The van der Waals surface area contributed by atoms with Crippen LogP contribution in [-0.2, 0) is 4.74 Å². The van der Waals surface area contributed by atoms with E-state index in [0.717, 1.165) is 0 Å². The molecule has 0 spiro atoms. The molecule has 2 aromatic heterocycles. The third kappa shape index (κ3) is 3.61. The van der Waals surface area contributed by atoms with Crippen LogP contribution in [0.3, 0.4) is 0 Å². The minimum atomic E-state index is -0.601. The van der Waals surface area contributed by atoms with Crippen LogP contribution in [0.2, 0.25) is 0 Å². The van der Waals surface area contributed by atoms with Gasteiger partial charge < -0.3 is 9.15 Å². The zero-order valence-electron chi connectivity index (χ0n) is 12.6. The molecule has 0 aliphatic rings. The molecule has 0 unspecified atom stereocenters. The molecule has 0 fully saturated rings. The van der Waals surface area contributed by atoms with Gasteiger partial charge in [0, 0.05) is 16.6 Å². The Balaban J connectivity index is 1.71. The molecule has 0 aliphatic carbocycles. The number of nitrogens with one attached hydrogen (secondary N) is 2. The van der Waals surface area contributed by atoms with Gasteiger partial charge in [0.15, 0.2) is 10.9 Å². The fourth-order valence-corrected chi connectivity index (χ4v) is 2.64. The van der Waals surface area contributed by atoms with E-state index in [1.165, 1.54) is 18.4 Å². The van der Waals surface area contributed by atoms with Crippen molar-refractivity contribution in [3.63, 3.8) is 0 Å². The fraction of sp³-hybridized carbons (Fsp3) is 0.0625. The van der Waals surface area contributed by atoms with E-state index in [4.69, 9.17) is 4.42 Å². The summed E-state index contributed by atoms with van der Waals surface area (Å²) >= 11 is 1.30. The molecule has 0 atom stereocenters. The number of carbonyl (C=O) groups excluding carboxylic acids is 2. The van der Waals surface area contributed by atoms with Gasteiger partial charge in [0.05, 0.1) is 13.4 Å². The van der Waals surface area contributed by atoms with Crippen LogP contribution >= 0.6 is 11.3 Å². The largest absolute Gasteiger partial charge is 0.463 e. The molecule has 0 radical (unpaired) electrons. The highest BCUT2D eigenvalue weighted by atomic mass is 32.1. The van der Waals surface area contributed by atoms with E-state index in [-0.39, 0.29) is 5.91 Å². The van der Waals surface area contributed by atoms with E-state index in [1.807, 2.05) is 0 Å². The van der Waals surface area contributed by atoms with Crippen LogP contribution in [-0.4, -0.2) is 24.1 Å². The first-order chi connectivity index (χ1) is 11.7. The Morgan fingerprint density at radius 3 is 2.83 bits per heavy atom. The molecule has 24 heavy (non-hydrogen) atoms. The molecule has 0 saturated heterocycles. The highest BCUT2D eigenvalue weighted by molar-refractivity contribution is 7.14. The minimum absolute atomic E-state index is 0.330. The highest BCUT2D eigenvalue weighted by Crippen LogP contribution is 2.25. The molecule has 122 valence electrons. The lowest BCUT2D eigenvalue weighted by Gasteiger charge is -2.06. The second kappa shape index (κ2) is 6.97. The summed E-state index contributed by atoms with van der Waals surface area (Å²) in [5, 5.41) is 7.48. The number of ether oxygens (including phenoxy) is 1. The summed E-state index contributed by atoms with van der Waals surface area (Å²) in [6.07, 6.45) is 0.961. The van der Waals surface area contributed by atoms with Crippen LogP contribution in [0.1, 0.15) is 10.4 Å². The summed E-state index contributed by atoms with van der Waals surface area (Å²) in [4.78, 5) is 27.8. The first-order valence-electron chi connectivity index (χ1n) is 6.91. The summed E-state index contributed by atoms with van der Waals surface area (Å²) < 4.78 is 9.79. The highest BCUT2D eigenvalue weighted by Gasteiger charge is 2.12. The van der Waals surface area contributed by atoms with Crippen molar-refractivity contribution in [1.82, 2.24) is 4.98 Å². The molecule has 0 saturated carbocycles. The number of anilines is 2. The van der Waals surface area contributed by atoms with Crippen molar-refractivity contribution in [3.8, 4) is 11.5 Å². The van der Waals surface area contributed by atoms with Crippen LogP contribution in [0.25, 0.3) is 11.5 Å². The Morgan fingerprint density at radius 1 is 1.21 bits per heavy atom. The van der Waals surface area contributed by atoms with E-state index >= 15 is 0 Å². The number of thiazole rings is 1. The number of carbonyl (C=O) groups is 2. The SMILES string of the molecule is COC(=O)Nc1cccc(C(=O)Nc2nc(-c3ccco3)cs2)c1. The van der Waals surface area contributed by atoms with Gasteiger partial charge in [-0.25, -0.2) is 9.78 Å². The summed E-state index contributed by atoms with van der Waals surface area (Å²) in [5.74, 6) is 0.305. The number of furan rings is 1. The lowest BCUT2D eigenvalue weighted by molar-refractivity contribution is 0.102. The maximum Gasteiger partial charge on any atom is 0.411 e. The van der Waals surface area contributed by atoms with Crippen molar-refractivity contribution in [1.29, 1.82) is 0 Å². The molecular weight excluding hydrogens is 330 g/mol. The van der Waals surface area contributed by atoms with Gasteiger partial charge in [-0.3, -0.25) is 15.4 Å². The Hall–Kier alpha value is -3.13. The number of hydrogen-bond acceptors (Lipinski definition) is 6. The van der Waals surface area contributed by atoms with Crippen molar-refractivity contribution in [2.45, 2.75) is 0 Å². The molecule has 3 aromatic rings. The monoisotopic (exact) mass is 343 g/mol. The number of aromatic nitrogens is 1. The van der Waals surface area contributed by atoms with Gasteiger partial charge in [-0.2, -0.15) is 0 Å². The topological polar surface area (TPSA) is 93.5 Å². The predicted octanol–water partition coefficient (Wildman–Crippen LogP) is 3.83. The Bertz CT molecular complexity index is 858. The van der Waals surface area contributed by atoms with Gasteiger partial charge in [-0.15, -0.1) is 11.3 Å². The van der Waals surface area contributed by atoms with Crippen molar-refractivity contribution < 1.29 is 18.7 Å². The maximum atomic E-state index is 12.3. The van der Waals surface area contributed by atoms with Gasteiger partial charge in [0.25, 0.3) is 5.91 Å². The van der Waals surface area contributed by atoms with E-state index in [0.29, 0.717) is 27.8 Å². The molecule has 2 amide bonds. The van der Waals surface area contributed by atoms with Crippen LogP contribution in [0.15, 0.2) is 52.5 Å². The van der Waals surface area contributed by atoms with E-state index in [9.17, 15) is 9.59 Å². The van der Waals surface area contributed by atoms with Crippen molar-refractivity contribution in [2.24, 2.45) is 0 Å². The summed E-state index contributed by atoms with van der Waals surface area (Å²) in [5.41, 5.74) is 1.50. The van der Waals surface area contributed by atoms with E-state index in [1.54, 1.807) is 48.0 Å². The standard InChI is InChI=1S/C16H13N3O4S/c1-22-16(21)17-11-5-2-4-10(8-11)14(20)19-15-18-12(9-24-15)13-6-3-7-23-13/h2-9H,1H3,(H,17,21)(H,18,19,20). The quantitative estimate of drug-likeness (QED) is 0.751. The molecule has 3 rings (SSSR count). The normalized spacial score (nSPS) is 10.2. The second-order valence-electron chi connectivity index (χ2n) is 4.67. The smallest absolute Gasteiger partial charge is 0.411 e. The predicted molar refractivity (Wildman–Crippen MR) is 90.2 cm³/mol. The molecule has 1 aromatic carbocycles. The van der Waals surface area contributed by atoms with Gasteiger partial charge in [-0.1, -0.05) is 6.07 Å². The van der Waals surface area contributed by atoms with E-state index in [2.05, 4.69) is 20.4 Å². The third-order valence-corrected chi connectivity index (χ3v) is 3.81. The number of methoxy groups -OCH3 is 1. The van der Waals surface area contributed by atoms with Gasteiger partial charge in [0.1, 0.15) is 5.69 Å². The second-order valence-corrected chi connectivity index (χ2v) is 5.52. The first kappa shape index (κ1) is 15.8. The number of rotatable bonds is 4.